The predicted octanol–water partition coefficient (Wildman–Crippen LogP) is 3.89. The zero-order valence-corrected chi connectivity index (χ0v) is 16.2. The Hall–Kier alpha value is -3.06. The van der Waals surface area contributed by atoms with E-state index in [9.17, 15) is 4.79 Å². The summed E-state index contributed by atoms with van der Waals surface area (Å²) in [5.41, 5.74) is 4.41. The van der Waals surface area contributed by atoms with Gasteiger partial charge in [-0.15, -0.1) is 0 Å². The first-order chi connectivity index (χ1) is 13.0. The van der Waals surface area contributed by atoms with Gasteiger partial charge in [0, 0.05) is 19.4 Å². The van der Waals surface area contributed by atoms with Crippen LogP contribution in [0, 0.1) is 13.8 Å². The Morgan fingerprint density at radius 3 is 2.78 bits per heavy atom. The van der Waals surface area contributed by atoms with Crippen LogP contribution in [0.3, 0.4) is 0 Å². The van der Waals surface area contributed by atoms with Crippen LogP contribution in [0.25, 0.3) is 10.2 Å². The summed E-state index contributed by atoms with van der Waals surface area (Å²) in [4.78, 5) is 24.0. The van der Waals surface area contributed by atoms with Gasteiger partial charge in [-0.05, 0) is 49.2 Å². The number of anilines is 1. The summed E-state index contributed by atoms with van der Waals surface area (Å²) in [6, 6.07) is 11.6. The molecule has 0 aliphatic heterocycles. The lowest BCUT2D eigenvalue weighted by Crippen LogP contribution is -2.31. The Morgan fingerprint density at radius 1 is 1.22 bits per heavy atom. The molecule has 3 aromatic heterocycles. The van der Waals surface area contributed by atoms with Gasteiger partial charge >= 0.3 is 0 Å². The molecule has 0 spiro atoms. The monoisotopic (exact) mass is 377 g/mol. The molecule has 0 radical (unpaired) electrons. The van der Waals surface area contributed by atoms with Gasteiger partial charge in [0.05, 0.1) is 22.5 Å². The quantitative estimate of drug-likeness (QED) is 0.541. The van der Waals surface area contributed by atoms with Gasteiger partial charge in [0.15, 0.2) is 10.8 Å². The first kappa shape index (κ1) is 17.4. The van der Waals surface area contributed by atoms with Gasteiger partial charge < -0.3 is 0 Å². The van der Waals surface area contributed by atoms with Gasteiger partial charge in [-0.3, -0.25) is 19.4 Å². The van der Waals surface area contributed by atoms with E-state index in [1.165, 1.54) is 16.9 Å². The second-order valence-electron chi connectivity index (χ2n) is 6.51. The van der Waals surface area contributed by atoms with Gasteiger partial charge in [-0.1, -0.05) is 23.5 Å². The number of hydrogen-bond acceptors (Lipinski definition) is 5. The Morgan fingerprint density at radius 2 is 2.07 bits per heavy atom. The molecule has 0 saturated heterocycles. The van der Waals surface area contributed by atoms with Crippen molar-refractivity contribution < 1.29 is 4.79 Å². The van der Waals surface area contributed by atoms with Crippen LogP contribution in [0.15, 0.2) is 48.8 Å². The molecular weight excluding hydrogens is 358 g/mol. The molecule has 27 heavy (non-hydrogen) atoms. The third-order valence-electron chi connectivity index (χ3n) is 4.27. The number of aryl methyl sites for hydroxylation is 3. The van der Waals surface area contributed by atoms with Crippen LogP contribution in [0.5, 0.6) is 0 Å². The van der Waals surface area contributed by atoms with Gasteiger partial charge in [0.1, 0.15) is 0 Å². The maximum Gasteiger partial charge on any atom is 0.280 e. The minimum absolute atomic E-state index is 0.185. The van der Waals surface area contributed by atoms with E-state index in [0.29, 0.717) is 17.4 Å². The molecule has 136 valence electrons. The summed E-state index contributed by atoms with van der Waals surface area (Å²) in [7, 11) is 1.80. The Balaban J connectivity index is 1.79. The first-order valence-corrected chi connectivity index (χ1v) is 9.42. The molecule has 4 rings (SSSR count). The normalized spacial score (nSPS) is 11.1. The molecule has 0 saturated carbocycles. The molecule has 1 aromatic carbocycles. The highest BCUT2D eigenvalue weighted by Gasteiger charge is 2.24. The average molecular weight is 377 g/mol. The topological polar surface area (TPSA) is 63.9 Å². The molecule has 6 nitrogen and oxygen atoms in total. The number of carbonyl (C=O) groups excluding carboxylic acids is 1. The molecule has 0 aliphatic rings. The number of hydrogen-bond donors (Lipinski definition) is 0. The number of rotatable bonds is 4. The third-order valence-corrected chi connectivity index (χ3v) is 5.30. The number of nitrogens with zero attached hydrogens (tertiary/aromatic N) is 5. The second kappa shape index (κ2) is 6.92. The van der Waals surface area contributed by atoms with Crippen molar-refractivity contribution in [2.24, 2.45) is 7.05 Å². The van der Waals surface area contributed by atoms with E-state index in [1.54, 1.807) is 35.1 Å². The molecule has 0 unspecified atom stereocenters. The fourth-order valence-corrected chi connectivity index (χ4v) is 4.16. The highest BCUT2D eigenvalue weighted by atomic mass is 32.1. The Labute approximate surface area is 161 Å². The standard InChI is InChI=1S/C20H19N5OS/c1-13-10-14(2)18-17(11-13)27-20(22-18)25(12-15-6-4-5-8-21-15)19(26)16-7-9-24(3)23-16/h4-11H,12H2,1-3H3. The van der Waals surface area contributed by atoms with Gasteiger partial charge in [0.25, 0.3) is 5.91 Å². The summed E-state index contributed by atoms with van der Waals surface area (Å²) >= 11 is 1.51. The van der Waals surface area contributed by atoms with Crippen molar-refractivity contribution in [3.63, 3.8) is 0 Å². The van der Waals surface area contributed by atoms with Crippen LogP contribution in [0.1, 0.15) is 27.3 Å². The summed E-state index contributed by atoms with van der Waals surface area (Å²) < 4.78 is 2.69. The van der Waals surface area contributed by atoms with E-state index in [4.69, 9.17) is 4.98 Å². The van der Waals surface area contributed by atoms with Crippen LogP contribution < -0.4 is 4.90 Å². The van der Waals surface area contributed by atoms with Crippen LogP contribution >= 0.6 is 11.3 Å². The maximum absolute atomic E-state index is 13.2. The van der Waals surface area contributed by atoms with Crippen LogP contribution in [-0.4, -0.2) is 25.7 Å². The fourth-order valence-electron chi connectivity index (χ4n) is 3.02. The van der Waals surface area contributed by atoms with Crippen molar-refractivity contribution in [3.05, 3.63) is 71.3 Å². The van der Waals surface area contributed by atoms with Crippen LogP contribution in [-0.2, 0) is 13.6 Å². The van der Waals surface area contributed by atoms with Gasteiger partial charge in [-0.25, -0.2) is 4.98 Å². The highest BCUT2D eigenvalue weighted by molar-refractivity contribution is 7.22. The highest BCUT2D eigenvalue weighted by Crippen LogP contribution is 2.33. The average Bonchev–Trinajstić information content (AvgIpc) is 3.26. The smallest absolute Gasteiger partial charge is 0.276 e. The Bertz CT molecular complexity index is 1120. The number of pyridine rings is 1. The molecule has 7 heteroatoms. The zero-order valence-electron chi connectivity index (χ0n) is 15.4. The molecule has 3 heterocycles. The molecule has 0 bridgehead atoms. The minimum Gasteiger partial charge on any atom is -0.276 e. The fraction of sp³-hybridized carbons (Fsp3) is 0.200. The van der Waals surface area contributed by atoms with E-state index in [1.807, 2.05) is 25.1 Å². The molecule has 1 amide bonds. The number of benzene rings is 1. The number of thiazole rings is 1. The summed E-state index contributed by atoms with van der Waals surface area (Å²) in [6.45, 7) is 4.45. The SMILES string of the molecule is Cc1cc(C)c2nc(N(Cc3ccccn3)C(=O)c3ccn(C)n3)sc2c1. The lowest BCUT2D eigenvalue weighted by molar-refractivity contribution is 0.0979. The van der Waals surface area contributed by atoms with Crippen LogP contribution in [0.4, 0.5) is 5.13 Å². The van der Waals surface area contributed by atoms with Gasteiger partial charge in [0.2, 0.25) is 0 Å². The number of amides is 1. The van der Waals surface area contributed by atoms with E-state index in [0.717, 1.165) is 21.5 Å². The van der Waals surface area contributed by atoms with Crippen molar-refractivity contribution >= 4 is 32.6 Å². The zero-order chi connectivity index (χ0) is 19.0. The lowest BCUT2D eigenvalue weighted by Gasteiger charge is -2.18. The van der Waals surface area contributed by atoms with Crippen molar-refractivity contribution in [2.45, 2.75) is 20.4 Å². The first-order valence-electron chi connectivity index (χ1n) is 8.60. The van der Waals surface area contributed by atoms with Crippen molar-refractivity contribution in [1.29, 1.82) is 0 Å². The Kier molecular flexibility index (Phi) is 4.45. The van der Waals surface area contributed by atoms with Crippen LogP contribution in [0.2, 0.25) is 0 Å². The van der Waals surface area contributed by atoms with Crippen molar-refractivity contribution in [1.82, 2.24) is 19.7 Å². The van der Waals surface area contributed by atoms with Gasteiger partial charge in [-0.2, -0.15) is 5.10 Å². The number of aromatic nitrogens is 4. The maximum atomic E-state index is 13.2. The number of fused-ring (bicyclic) bond motifs is 1. The minimum atomic E-state index is -0.185. The molecule has 0 N–H and O–H groups in total. The molecule has 0 aliphatic carbocycles. The van der Waals surface area contributed by atoms with E-state index < -0.39 is 0 Å². The summed E-state index contributed by atoms with van der Waals surface area (Å²) in [5.74, 6) is -0.185. The molecule has 0 fully saturated rings. The van der Waals surface area contributed by atoms with Crippen molar-refractivity contribution in [2.75, 3.05) is 4.90 Å². The largest absolute Gasteiger partial charge is 0.280 e. The molecule has 4 aromatic rings. The summed E-state index contributed by atoms with van der Waals surface area (Å²) in [5, 5.41) is 4.92. The van der Waals surface area contributed by atoms with Crippen molar-refractivity contribution in [3.8, 4) is 0 Å². The molecule has 0 atom stereocenters. The summed E-state index contributed by atoms with van der Waals surface area (Å²) in [6.07, 6.45) is 3.49. The van der Waals surface area contributed by atoms with E-state index >= 15 is 0 Å². The number of carbonyl (C=O) groups is 1. The second-order valence-corrected chi connectivity index (χ2v) is 7.52. The third kappa shape index (κ3) is 3.46. The van der Waals surface area contributed by atoms with E-state index in [-0.39, 0.29) is 5.91 Å². The molecular formula is C20H19N5OS. The lowest BCUT2D eigenvalue weighted by atomic mass is 10.1. The van der Waals surface area contributed by atoms with E-state index in [2.05, 4.69) is 29.1 Å². The predicted molar refractivity (Wildman–Crippen MR) is 107 cm³/mol.